The van der Waals surface area contributed by atoms with Crippen molar-refractivity contribution in [2.75, 3.05) is 27.7 Å². The van der Waals surface area contributed by atoms with Crippen molar-refractivity contribution in [2.24, 2.45) is 0 Å². The molecule has 1 aliphatic rings. The summed E-state index contributed by atoms with van der Waals surface area (Å²) in [5, 5.41) is 2.36. The van der Waals surface area contributed by atoms with Gasteiger partial charge in [-0.05, 0) is 74.4 Å². The number of carbonyl (C=O) groups excluding carboxylic acids is 3. The molecule has 0 saturated heterocycles. The van der Waals surface area contributed by atoms with Crippen molar-refractivity contribution < 1.29 is 33.3 Å². The van der Waals surface area contributed by atoms with E-state index in [2.05, 4.69) is 29.8 Å². The van der Waals surface area contributed by atoms with Gasteiger partial charge in [0.25, 0.3) is 6.47 Å². The fraction of sp³-hybridized carbons (Fsp3) is 0.400. The minimum Gasteiger partial charge on any atom is -0.493 e. The molecule has 44 heavy (non-hydrogen) atoms. The van der Waals surface area contributed by atoms with E-state index in [1.807, 2.05) is 76.3 Å². The molecule has 0 aromatic heterocycles. The van der Waals surface area contributed by atoms with Crippen LogP contribution in [0.1, 0.15) is 51.2 Å². The van der Waals surface area contributed by atoms with Crippen LogP contribution in [0, 0.1) is 0 Å². The molecule has 1 N–H and O–H groups in total. The van der Waals surface area contributed by atoms with E-state index in [4.69, 9.17) is 14.2 Å². The van der Waals surface area contributed by atoms with Crippen LogP contribution in [0.15, 0.2) is 85.5 Å². The Morgan fingerprint density at radius 3 is 2.20 bits per heavy atom. The second-order valence-corrected chi connectivity index (χ2v) is 11.0. The van der Waals surface area contributed by atoms with Gasteiger partial charge in [-0.15, -0.1) is 6.58 Å². The van der Waals surface area contributed by atoms with Crippen molar-refractivity contribution in [3.8, 4) is 11.5 Å². The lowest BCUT2D eigenvalue weighted by atomic mass is 9.85. The van der Waals surface area contributed by atoms with Crippen molar-refractivity contribution >= 4 is 18.5 Å². The van der Waals surface area contributed by atoms with Crippen LogP contribution in [0.4, 0.5) is 4.79 Å². The topological polar surface area (TPSA) is 103 Å². The molecule has 1 saturated carbocycles. The molecule has 3 rings (SSSR count). The molecule has 1 fully saturated rings. The zero-order valence-corrected chi connectivity index (χ0v) is 27.0. The molecule has 9 nitrogen and oxygen atoms in total. The smallest absolute Gasteiger partial charge is 0.407 e. The second kappa shape index (κ2) is 19.6. The zero-order valence-electron chi connectivity index (χ0n) is 27.0. The number of carbonyl (C=O) groups is 3. The summed E-state index contributed by atoms with van der Waals surface area (Å²) < 4.78 is 20.8. The molecule has 240 valence electrons. The molecule has 9 heteroatoms. The molecule has 0 atom stereocenters. The largest absolute Gasteiger partial charge is 0.493 e. The molecule has 0 heterocycles. The lowest BCUT2D eigenvalue weighted by molar-refractivity contribution is -0.130. The first-order valence-electron chi connectivity index (χ1n) is 14.4. The molecule has 2 aromatic carbocycles. The van der Waals surface area contributed by atoms with Gasteiger partial charge in [-0.2, -0.15) is 0 Å². The number of methoxy groups -OCH3 is 1. The molecule has 2 aromatic rings. The molecule has 2 amide bonds. The fourth-order valence-electron chi connectivity index (χ4n) is 3.77. The number of rotatable bonds is 12. The number of ether oxygens (including phenoxy) is 4. The van der Waals surface area contributed by atoms with Gasteiger partial charge in [0, 0.05) is 27.1 Å². The first-order valence-corrected chi connectivity index (χ1v) is 14.4. The van der Waals surface area contributed by atoms with Gasteiger partial charge in [-0.1, -0.05) is 55.6 Å². The van der Waals surface area contributed by atoms with Gasteiger partial charge in [0.15, 0.2) is 11.5 Å². The highest BCUT2D eigenvalue weighted by atomic mass is 16.6. The van der Waals surface area contributed by atoms with Crippen LogP contribution in [-0.2, 0) is 32.1 Å². The van der Waals surface area contributed by atoms with Gasteiger partial charge in [-0.25, -0.2) is 4.79 Å². The number of likely N-dealkylation sites (N-methyl/N-ethyl adjacent to an activating group) is 1. The number of hydrogen-bond acceptors (Lipinski definition) is 7. The summed E-state index contributed by atoms with van der Waals surface area (Å²) >= 11 is 0. The van der Waals surface area contributed by atoms with E-state index < -0.39 is 0 Å². The van der Waals surface area contributed by atoms with E-state index in [1.54, 1.807) is 18.1 Å². The maximum atomic E-state index is 12.0. The maximum Gasteiger partial charge on any atom is 0.407 e. The zero-order chi connectivity index (χ0) is 33.1. The quantitative estimate of drug-likeness (QED) is 0.219. The van der Waals surface area contributed by atoms with Crippen LogP contribution < -0.4 is 14.8 Å². The lowest BCUT2D eigenvalue weighted by Crippen LogP contribution is -2.30. The Hall–Kier alpha value is -4.53. The van der Waals surface area contributed by atoms with Crippen molar-refractivity contribution in [3.05, 3.63) is 96.6 Å². The van der Waals surface area contributed by atoms with Gasteiger partial charge >= 0.3 is 6.09 Å². The third-order valence-corrected chi connectivity index (χ3v) is 6.16. The third-order valence-electron chi connectivity index (χ3n) is 6.16. The highest BCUT2D eigenvalue weighted by molar-refractivity contribution is 5.76. The summed E-state index contributed by atoms with van der Waals surface area (Å²) in [5.41, 5.74) is 3.78. The van der Waals surface area contributed by atoms with Crippen molar-refractivity contribution in [1.29, 1.82) is 0 Å². The van der Waals surface area contributed by atoms with Gasteiger partial charge < -0.3 is 29.2 Å². The number of amides is 2. The number of nitrogens with zero attached hydrogens (tertiary/aromatic N) is 1. The minimum atomic E-state index is -0.389. The Morgan fingerprint density at radius 2 is 1.70 bits per heavy atom. The molecule has 0 spiro atoms. The molecule has 1 aliphatic carbocycles. The third kappa shape index (κ3) is 14.6. The summed E-state index contributed by atoms with van der Waals surface area (Å²) in [6.07, 6.45) is 4.03. The summed E-state index contributed by atoms with van der Waals surface area (Å²) in [6.45, 7) is 18.6. The molecular formula is C35H48N2O7. The van der Waals surface area contributed by atoms with Crippen molar-refractivity contribution in [2.45, 2.75) is 64.8 Å². The summed E-state index contributed by atoms with van der Waals surface area (Å²) in [6, 6.07) is 15.4. The average molecular weight is 609 g/mol. The molecule has 0 aliphatic heterocycles. The van der Waals surface area contributed by atoms with E-state index in [1.165, 1.54) is 7.05 Å². The van der Waals surface area contributed by atoms with Crippen LogP contribution in [-0.4, -0.2) is 62.8 Å². The minimum absolute atomic E-state index is 0.131. The molecule has 0 bridgehead atoms. The Kier molecular flexibility index (Phi) is 16.7. The number of hydrogen-bond donors (Lipinski definition) is 1. The number of benzene rings is 2. The summed E-state index contributed by atoms with van der Waals surface area (Å²) in [5.74, 6) is 1.51. The van der Waals surface area contributed by atoms with E-state index in [0.29, 0.717) is 44.0 Å². The lowest BCUT2D eigenvalue weighted by Gasteiger charge is -2.32. The number of nitrogens with one attached hydrogen (secondary N) is 1. The normalized spacial score (nSPS) is 12.1. The van der Waals surface area contributed by atoms with E-state index in [9.17, 15) is 14.4 Å². The van der Waals surface area contributed by atoms with Crippen LogP contribution >= 0.6 is 0 Å². The number of allylic oxidation sites excluding steroid dienone is 1. The van der Waals surface area contributed by atoms with Crippen molar-refractivity contribution in [3.63, 3.8) is 0 Å². The Labute approximate surface area is 262 Å². The van der Waals surface area contributed by atoms with Gasteiger partial charge in [-0.3, -0.25) is 9.59 Å². The van der Waals surface area contributed by atoms with Gasteiger partial charge in [0.1, 0.15) is 18.3 Å². The van der Waals surface area contributed by atoms with Crippen LogP contribution in [0.2, 0.25) is 0 Å². The summed E-state index contributed by atoms with van der Waals surface area (Å²) in [4.78, 5) is 34.0. The Balaban J connectivity index is 0.000000416. The predicted molar refractivity (Wildman–Crippen MR) is 174 cm³/mol. The van der Waals surface area contributed by atoms with Crippen LogP contribution in [0.5, 0.6) is 11.5 Å². The fourth-order valence-corrected chi connectivity index (χ4v) is 3.77. The predicted octanol–water partition coefficient (Wildman–Crippen LogP) is 6.43. The standard InChI is InChI=1S/C21H27NO3.C8H8O2.C6H13NO2/c1-6-7-8-20(23)22(4)12-11-17-9-10-18(24-5)19(14-17)25-21-15(2)13-16(21)3;9-7-10-6-8-4-2-1-3-5-8;1-6(2,3)9-5(8)7-4/h6,9-10,14,21H,1-3,7-8,11-13H2,4-5H3;1-5,7H,6H2;1-4H3,(H,7,8). The first kappa shape index (κ1) is 37.5. The first-order chi connectivity index (χ1) is 20.8. The maximum absolute atomic E-state index is 12.0. The second-order valence-electron chi connectivity index (χ2n) is 11.0. The van der Waals surface area contributed by atoms with Crippen LogP contribution in [0.25, 0.3) is 0 Å². The Morgan fingerprint density at radius 1 is 1.05 bits per heavy atom. The Bertz CT molecular complexity index is 1220. The molecule has 0 unspecified atom stereocenters. The molecule has 0 radical (unpaired) electrons. The van der Waals surface area contributed by atoms with Gasteiger partial charge in [0.2, 0.25) is 5.91 Å². The highest BCUT2D eigenvalue weighted by Crippen LogP contribution is 2.37. The number of alkyl carbamates (subject to hydrolysis) is 1. The van der Waals surface area contributed by atoms with Crippen molar-refractivity contribution in [1.82, 2.24) is 10.2 Å². The van der Waals surface area contributed by atoms with E-state index in [-0.39, 0.29) is 23.7 Å². The van der Waals surface area contributed by atoms with E-state index >= 15 is 0 Å². The SMILES string of the molecule is C=CCCC(=O)N(C)CCc1ccc(OC)c(OC2C(=C)CC2=C)c1.CNC(=O)OC(C)(C)C.O=COCc1ccccc1. The molecular weight excluding hydrogens is 560 g/mol. The highest BCUT2D eigenvalue weighted by Gasteiger charge is 2.29. The van der Waals surface area contributed by atoms with Gasteiger partial charge in [0.05, 0.1) is 7.11 Å². The monoisotopic (exact) mass is 608 g/mol. The van der Waals surface area contributed by atoms with Crippen LogP contribution in [0.3, 0.4) is 0 Å². The van der Waals surface area contributed by atoms with E-state index in [0.717, 1.165) is 35.1 Å². The average Bonchev–Trinajstić information content (AvgIpc) is 3.00. The summed E-state index contributed by atoms with van der Waals surface area (Å²) in [7, 11) is 4.99.